The Balaban J connectivity index is 2.58. The van der Waals surface area contributed by atoms with Crippen LogP contribution in [-0.2, 0) is 10.3 Å². The van der Waals surface area contributed by atoms with Crippen LogP contribution in [0.25, 0.3) is 0 Å². The van der Waals surface area contributed by atoms with Gasteiger partial charge in [0.15, 0.2) is 6.29 Å². The predicted octanol–water partition coefficient (Wildman–Crippen LogP) is 3.66. The fourth-order valence-electron chi connectivity index (χ4n) is 1.74. The van der Waals surface area contributed by atoms with Crippen molar-refractivity contribution >= 4 is 23.2 Å². The number of halogens is 5. The van der Waals surface area contributed by atoms with Crippen molar-refractivity contribution in [2.45, 2.75) is 18.1 Å². The molecule has 0 amide bonds. The van der Waals surface area contributed by atoms with Gasteiger partial charge in [-0.25, -0.2) is 0 Å². The predicted molar refractivity (Wildman–Crippen MR) is 60.4 cm³/mol. The molecule has 1 aromatic rings. The zero-order valence-corrected chi connectivity index (χ0v) is 10.2. The third-order valence-corrected chi connectivity index (χ3v) is 2.95. The number of alkyl halides is 3. The molecule has 1 aliphatic rings. The number of ether oxygens (including phenoxy) is 1. The minimum absolute atomic E-state index is 0.0551. The maximum Gasteiger partial charge on any atom is 0.425 e. The fourth-order valence-corrected chi connectivity index (χ4v) is 2.27. The molecule has 2 atom stereocenters. The quantitative estimate of drug-likeness (QED) is 0.802. The highest BCUT2D eigenvalue weighted by Crippen LogP contribution is 2.47. The zero-order valence-electron chi connectivity index (χ0n) is 8.71. The normalized spacial score (nSPS) is 27.8. The van der Waals surface area contributed by atoms with Crippen LogP contribution in [0.2, 0.25) is 10.0 Å². The Morgan fingerprint density at radius 1 is 1.17 bits per heavy atom. The lowest BCUT2D eigenvalue weighted by atomic mass is 9.93. The molecule has 0 bridgehead atoms. The number of hydrogen-bond acceptors (Lipinski definition) is 2. The summed E-state index contributed by atoms with van der Waals surface area (Å²) in [6.45, 7) is 0. The van der Waals surface area contributed by atoms with E-state index in [9.17, 15) is 13.2 Å². The molecular formula is C11H7Cl2F3O2. The van der Waals surface area contributed by atoms with E-state index < -0.39 is 18.1 Å². The Kier molecular flexibility index (Phi) is 3.36. The number of rotatable bonds is 1. The van der Waals surface area contributed by atoms with Crippen molar-refractivity contribution in [3.05, 3.63) is 46.0 Å². The fraction of sp³-hybridized carbons (Fsp3) is 0.273. The van der Waals surface area contributed by atoms with Crippen molar-refractivity contribution in [2.24, 2.45) is 0 Å². The lowest BCUT2D eigenvalue weighted by molar-refractivity contribution is -0.285. The first-order chi connectivity index (χ1) is 8.24. The van der Waals surface area contributed by atoms with Gasteiger partial charge in [-0.05, 0) is 35.9 Å². The second kappa shape index (κ2) is 4.42. The van der Waals surface area contributed by atoms with Gasteiger partial charge in [0.05, 0.1) is 0 Å². The van der Waals surface area contributed by atoms with E-state index in [1.165, 1.54) is 6.07 Å². The van der Waals surface area contributed by atoms with Gasteiger partial charge in [-0.2, -0.15) is 13.2 Å². The maximum absolute atomic E-state index is 13.2. The maximum atomic E-state index is 13.2. The largest absolute Gasteiger partial charge is 0.425 e. The van der Waals surface area contributed by atoms with Crippen LogP contribution >= 0.6 is 23.2 Å². The third-order valence-electron chi connectivity index (χ3n) is 2.51. The Morgan fingerprint density at radius 3 is 2.11 bits per heavy atom. The van der Waals surface area contributed by atoms with Gasteiger partial charge in [0.2, 0.25) is 5.60 Å². The molecule has 0 saturated heterocycles. The molecule has 7 heteroatoms. The number of aliphatic hydroxyl groups excluding tert-OH is 1. The summed E-state index contributed by atoms with van der Waals surface area (Å²) in [5, 5.41) is 9.26. The summed E-state index contributed by atoms with van der Waals surface area (Å²) in [6.07, 6.45) is -4.69. The molecule has 0 aliphatic carbocycles. The number of hydrogen-bond donors (Lipinski definition) is 1. The van der Waals surface area contributed by atoms with Crippen molar-refractivity contribution in [1.82, 2.24) is 0 Å². The minimum atomic E-state index is -4.74. The van der Waals surface area contributed by atoms with Crippen LogP contribution in [0.5, 0.6) is 0 Å². The van der Waals surface area contributed by atoms with Crippen LogP contribution in [0.3, 0.4) is 0 Å². The summed E-state index contributed by atoms with van der Waals surface area (Å²) in [5.74, 6) is 0. The number of aliphatic hydroxyl groups is 1. The summed E-state index contributed by atoms with van der Waals surface area (Å²) in [7, 11) is 0. The van der Waals surface area contributed by atoms with Crippen molar-refractivity contribution in [2.75, 3.05) is 0 Å². The monoisotopic (exact) mass is 298 g/mol. The molecule has 0 radical (unpaired) electrons. The lowest BCUT2D eigenvalue weighted by Gasteiger charge is -2.31. The molecule has 1 aromatic carbocycles. The van der Waals surface area contributed by atoms with E-state index in [0.29, 0.717) is 0 Å². The first kappa shape index (κ1) is 13.7. The third kappa shape index (κ3) is 2.23. The van der Waals surface area contributed by atoms with Gasteiger partial charge in [-0.3, -0.25) is 0 Å². The average molecular weight is 299 g/mol. The Morgan fingerprint density at radius 2 is 1.72 bits per heavy atom. The first-order valence-corrected chi connectivity index (χ1v) is 5.59. The summed E-state index contributed by atoms with van der Waals surface area (Å²) >= 11 is 11.4. The van der Waals surface area contributed by atoms with Crippen molar-refractivity contribution in [3.8, 4) is 0 Å². The van der Waals surface area contributed by atoms with Crippen LogP contribution in [0.15, 0.2) is 30.4 Å². The summed E-state index contributed by atoms with van der Waals surface area (Å²) < 4.78 is 44.1. The van der Waals surface area contributed by atoms with Gasteiger partial charge >= 0.3 is 6.18 Å². The van der Waals surface area contributed by atoms with E-state index in [0.717, 1.165) is 24.3 Å². The Hall–Kier alpha value is -0.750. The lowest BCUT2D eigenvalue weighted by Crippen LogP contribution is -2.42. The topological polar surface area (TPSA) is 29.5 Å². The van der Waals surface area contributed by atoms with E-state index >= 15 is 0 Å². The molecule has 2 unspecified atom stereocenters. The van der Waals surface area contributed by atoms with Crippen LogP contribution < -0.4 is 0 Å². The number of benzene rings is 1. The highest BCUT2D eigenvalue weighted by molar-refractivity contribution is 6.34. The van der Waals surface area contributed by atoms with Gasteiger partial charge in [0.1, 0.15) is 0 Å². The van der Waals surface area contributed by atoms with E-state index in [1.807, 2.05) is 0 Å². The molecule has 18 heavy (non-hydrogen) atoms. The van der Waals surface area contributed by atoms with E-state index in [4.69, 9.17) is 28.3 Å². The Bertz CT molecular complexity index is 481. The molecule has 0 fully saturated rings. The van der Waals surface area contributed by atoms with Crippen LogP contribution in [0.1, 0.15) is 5.56 Å². The van der Waals surface area contributed by atoms with Gasteiger partial charge in [-0.15, -0.1) is 0 Å². The molecule has 1 heterocycles. The summed E-state index contributed by atoms with van der Waals surface area (Å²) in [5.41, 5.74) is -3.00. The van der Waals surface area contributed by atoms with Gasteiger partial charge < -0.3 is 9.84 Å². The van der Waals surface area contributed by atoms with Crippen LogP contribution in [0.4, 0.5) is 13.2 Å². The minimum Gasteiger partial charge on any atom is -0.365 e. The second-order valence-electron chi connectivity index (χ2n) is 3.76. The van der Waals surface area contributed by atoms with Crippen molar-refractivity contribution in [3.63, 3.8) is 0 Å². The highest BCUT2D eigenvalue weighted by atomic mass is 35.5. The van der Waals surface area contributed by atoms with Gasteiger partial charge in [0, 0.05) is 10.0 Å². The second-order valence-corrected chi connectivity index (χ2v) is 4.63. The van der Waals surface area contributed by atoms with Crippen LogP contribution in [-0.4, -0.2) is 17.6 Å². The standard InChI is InChI=1S/C11H7Cl2F3O2/c12-7-3-6(4-8(13)5-7)10(11(14,15)16)2-1-9(17)18-10/h1-5,9,17H. The average Bonchev–Trinajstić information content (AvgIpc) is 2.59. The molecular weight excluding hydrogens is 292 g/mol. The molecule has 0 saturated carbocycles. The van der Waals surface area contributed by atoms with E-state index in [-0.39, 0.29) is 15.6 Å². The zero-order chi connectivity index (χ0) is 13.6. The molecule has 1 N–H and O–H groups in total. The molecule has 1 aliphatic heterocycles. The first-order valence-electron chi connectivity index (χ1n) is 4.83. The molecule has 98 valence electrons. The van der Waals surface area contributed by atoms with E-state index in [2.05, 4.69) is 4.74 Å². The molecule has 2 nitrogen and oxygen atoms in total. The Labute approximate surface area is 111 Å². The highest BCUT2D eigenvalue weighted by Gasteiger charge is 2.58. The van der Waals surface area contributed by atoms with Crippen molar-refractivity contribution in [1.29, 1.82) is 0 Å². The van der Waals surface area contributed by atoms with Gasteiger partial charge in [0.25, 0.3) is 0 Å². The van der Waals surface area contributed by atoms with Gasteiger partial charge in [-0.1, -0.05) is 23.2 Å². The summed E-state index contributed by atoms with van der Waals surface area (Å²) in [4.78, 5) is 0. The van der Waals surface area contributed by atoms with Crippen molar-refractivity contribution < 1.29 is 23.0 Å². The summed E-state index contributed by atoms with van der Waals surface area (Å²) in [6, 6.07) is 3.51. The molecule has 2 rings (SSSR count). The van der Waals surface area contributed by atoms with Crippen LogP contribution in [0, 0.1) is 0 Å². The molecule has 0 spiro atoms. The van der Waals surface area contributed by atoms with E-state index in [1.54, 1.807) is 0 Å². The smallest absolute Gasteiger partial charge is 0.365 e. The molecule has 0 aromatic heterocycles. The SMILES string of the molecule is OC1C=CC(c2cc(Cl)cc(Cl)c2)(C(F)(F)F)O1.